The lowest BCUT2D eigenvalue weighted by Gasteiger charge is -2.31. The second-order valence-electron chi connectivity index (χ2n) is 5.61. The molecule has 0 saturated carbocycles. The molecule has 1 unspecified atom stereocenters. The number of hydrogen-bond acceptors (Lipinski definition) is 1. The molecule has 1 heteroatoms. The quantitative estimate of drug-likeness (QED) is 0.726. The van der Waals surface area contributed by atoms with E-state index in [2.05, 4.69) is 57.7 Å². The van der Waals surface area contributed by atoms with Crippen LogP contribution in [0.15, 0.2) is 18.2 Å². The van der Waals surface area contributed by atoms with Gasteiger partial charge >= 0.3 is 0 Å². The average Bonchev–Trinajstić information content (AvgIpc) is 2.41. The molecule has 0 aromatic heterocycles. The van der Waals surface area contributed by atoms with Gasteiger partial charge in [0, 0.05) is 23.7 Å². The lowest BCUT2D eigenvalue weighted by molar-refractivity contribution is 0.441. The Morgan fingerprint density at radius 2 is 2.00 bits per heavy atom. The Morgan fingerprint density at radius 3 is 2.62 bits per heavy atom. The molecule has 0 N–H and O–H groups in total. The van der Waals surface area contributed by atoms with Gasteiger partial charge in [-0.05, 0) is 31.9 Å². The molecule has 0 spiro atoms. The fourth-order valence-electron chi connectivity index (χ4n) is 2.79. The molecule has 0 radical (unpaired) electrons. The van der Waals surface area contributed by atoms with E-state index in [1.807, 2.05) is 0 Å². The van der Waals surface area contributed by atoms with Gasteiger partial charge in [-0.15, -0.1) is 0 Å². The van der Waals surface area contributed by atoms with Crippen LogP contribution in [0.25, 0.3) is 0 Å². The van der Waals surface area contributed by atoms with Crippen molar-refractivity contribution in [1.29, 1.82) is 0 Å². The van der Waals surface area contributed by atoms with Gasteiger partial charge in [-0.1, -0.05) is 38.5 Å². The topological polar surface area (TPSA) is 3.24 Å². The zero-order chi connectivity index (χ0) is 11.9. The van der Waals surface area contributed by atoms with Gasteiger partial charge < -0.3 is 4.90 Å². The van der Waals surface area contributed by atoms with Gasteiger partial charge in [0.15, 0.2) is 0 Å². The minimum Gasteiger partial charge on any atom is -0.368 e. The number of hydrogen-bond donors (Lipinski definition) is 0. The predicted octanol–water partition coefficient (Wildman–Crippen LogP) is 3.89. The Labute approximate surface area is 99.5 Å². The van der Waals surface area contributed by atoms with Crippen LogP contribution in [0, 0.1) is 6.92 Å². The molecule has 0 aliphatic carbocycles. The Bertz CT molecular complexity index is 392. The van der Waals surface area contributed by atoms with Crippen LogP contribution in [-0.4, -0.2) is 12.6 Å². The van der Waals surface area contributed by atoms with E-state index >= 15 is 0 Å². The largest absolute Gasteiger partial charge is 0.368 e. The van der Waals surface area contributed by atoms with Crippen molar-refractivity contribution in [2.45, 2.75) is 52.5 Å². The Kier molecular flexibility index (Phi) is 2.73. The number of rotatable bonds is 2. The normalized spacial score (nSPS) is 22.3. The summed E-state index contributed by atoms with van der Waals surface area (Å²) in [7, 11) is 0. The third kappa shape index (κ3) is 1.53. The lowest BCUT2D eigenvalue weighted by Crippen LogP contribution is -2.39. The summed E-state index contributed by atoms with van der Waals surface area (Å²) in [6.07, 6.45) is 1.22. The van der Waals surface area contributed by atoms with Crippen LogP contribution in [0.1, 0.15) is 45.2 Å². The molecule has 16 heavy (non-hydrogen) atoms. The highest BCUT2D eigenvalue weighted by atomic mass is 15.2. The summed E-state index contributed by atoms with van der Waals surface area (Å²) in [6, 6.07) is 7.49. The monoisotopic (exact) mass is 217 g/mol. The summed E-state index contributed by atoms with van der Waals surface area (Å²) < 4.78 is 0. The van der Waals surface area contributed by atoms with E-state index in [4.69, 9.17) is 0 Å². The maximum atomic E-state index is 2.56. The van der Waals surface area contributed by atoms with Crippen molar-refractivity contribution in [1.82, 2.24) is 0 Å². The summed E-state index contributed by atoms with van der Waals surface area (Å²) >= 11 is 0. The van der Waals surface area contributed by atoms with E-state index in [-0.39, 0.29) is 5.41 Å². The van der Waals surface area contributed by atoms with Gasteiger partial charge in [0.05, 0.1) is 0 Å². The van der Waals surface area contributed by atoms with Crippen molar-refractivity contribution in [2.75, 3.05) is 11.4 Å². The van der Waals surface area contributed by atoms with E-state index in [1.165, 1.54) is 29.8 Å². The Hall–Kier alpha value is -0.980. The van der Waals surface area contributed by atoms with Crippen LogP contribution in [0.5, 0.6) is 0 Å². The molecule has 1 atom stereocenters. The molecule has 0 amide bonds. The zero-order valence-electron chi connectivity index (χ0n) is 11.2. The van der Waals surface area contributed by atoms with Crippen molar-refractivity contribution in [3.05, 3.63) is 29.3 Å². The first kappa shape index (κ1) is 11.5. The van der Waals surface area contributed by atoms with Gasteiger partial charge in [-0.25, -0.2) is 0 Å². The first-order chi connectivity index (χ1) is 7.48. The summed E-state index contributed by atoms with van der Waals surface area (Å²) in [6.45, 7) is 12.7. The second-order valence-corrected chi connectivity index (χ2v) is 5.61. The smallest absolute Gasteiger partial charge is 0.0407 e. The number of fused-ring (bicyclic) bond motifs is 1. The van der Waals surface area contributed by atoms with E-state index in [9.17, 15) is 0 Å². The molecule has 1 aliphatic heterocycles. The second kappa shape index (κ2) is 3.80. The van der Waals surface area contributed by atoms with Crippen LogP contribution in [-0.2, 0) is 5.41 Å². The number of aryl methyl sites for hydroxylation is 1. The molecule has 2 rings (SSSR count). The summed E-state index contributed by atoms with van der Waals surface area (Å²) in [5.74, 6) is 0. The van der Waals surface area contributed by atoms with E-state index < -0.39 is 0 Å². The van der Waals surface area contributed by atoms with Gasteiger partial charge in [-0.3, -0.25) is 0 Å². The fraction of sp³-hybridized carbons (Fsp3) is 0.600. The Morgan fingerprint density at radius 1 is 1.31 bits per heavy atom. The first-order valence-corrected chi connectivity index (χ1v) is 6.36. The number of nitrogens with zero attached hydrogens (tertiary/aromatic N) is 1. The van der Waals surface area contributed by atoms with Crippen LogP contribution in [0.3, 0.4) is 0 Å². The first-order valence-electron chi connectivity index (χ1n) is 6.36. The summed E-state index contributed by atoms with van der Waals surface area (Å²) in [5.41, 5.74) is 4.62. The molecule has 0 saturated heterocycles. The summed E-state index contributed by atoms with van der Waals surface area (Å²) in [5, 5.41) is 0. The third-order valence-corrected chi connectivity index (χ3v) is 4.13. The van der Waals surface area contributed by atoms with Crippen molar-refractivity contribution >= 4 is 5.69 Å². The molecular formula is C15H23N. The maximum absolute atomic E-state index is 2.56. The minimum absolute atomic E-state index is 0.274. The highest BCUT2D eigenvalue weighted by molar-refractivity contribution is 5.64. The molecule has 0 bridgehead atoms. The Balaban J connectivity index is 2.51. The van der Waals surface area contributed by atoms with Crippen LogP contribution < -0.4 is 4.90 Å². The molecule has 0 fully saturated rings. The number of anilines is 1. The third-order valence-electron chi connectivity index (χ3n) is 4.13. The fourth-order valence-corrected chi connectivity index (χ4v) is 2.79. The molecular weight excluding hydrogens is 194 g/mol. The molecule has 1 heterocycles. The van der Waals surface area contributed by atoms with Crippen molar-refractivity contribution in [3.8, 4) is 0 Å². The lowest BCUT2D eigenvalue weighted by atomic mass is 9.81. The van der Waals surface area contributed by atoms with Gasteiger partial charge in [0.25, 0.3) is 0 Å². The zero-order valence-corrected chi connectivity index (χ0v) is 11.2. The molecule has 1 aromatic carbocycles. The average molecular weight is 217 g/mol. The SMILES string of the molecule is CCCN1c2ccc(C)cc2C(C)(C)C1C. The van der Waals surface area contributed by atoms with Crippen molar-refractivity contribution < 1.29 is 0 Å². The van der Waals surface area contributed by atoms with E-state index in [1.54, 1.807) is 0 Å². The molecule has 88 valence electrons. The minimum atomic E-state index is 0.274. The van der Waals surface area contributed by atoms with Gasteiger partial charge in [0.2, 0.25) is 0 Å². The molecule has 1 aromatic rings. The van der Waals surface area contributed by atoms with Crippen LogP contribution >= 0.6 is 0 Å². The van der Waals surface area contributed by atoms with Crippen LogP contribution in [0.2, 0.25) is 0 Å². The van der Waals surface area contributed by atoms with E-state index in [0.29, 0.717) is 6.04 Å². The molecule has 1 aliphatic rings. The van der Waals surface area contributed by atoms with Gasteiger partial charge in [-0.2, -0.15) is 0 Å². The van der Waals surface area contributed by atoms with Crippen LogP contribution in [0.4, 0.5) is 5.69 Å². The summed E-state index contributed by atoms with van der Waals surface area (Å²) in [4.78, 5) is 2.56. The highest BCUT2D eigenvalue weighted by Crippen LogP contribution is 2.45. The van der Waals surface area contributed by atoms with Crippen molar-refractivity contribution in [3.63, 3.8) is 0 Å². The van der Waals surface area contributed by atoms with E-state index in [0.717, 1.165) is 0 Å². The number of benzene rings is 1. The molecule has 1 nitrogen and oxygen atoms in total. The highest BCUT2D eigenvalue weighted by Gasteiger charge is 2.41. The van der Waals surface area contributed by atoms with Gasteiger partial charge in [0.1, 0.15) is 0 Å². The van der Waals surface area contributed by atoms with Crippen molar-refractivity contribution in [2.24, 2.45) is 0 Å². The predicted molar refractivity (Wildman–Crippen MR) is 71.3 cm³/mol. The maximum Gasteiger partial charge on any atom is 0.0407 e. The standard InChI is InChI=1S/C15H23N/c1-6-9-16-12(3)15(4,5)13-10-11(2)7-8-14(13)16/h7-8,10,12H,6,9H2,1-5H3.